The van der Waals surface area contributed by atoms with Crippen molar-refractivity contribution >= 4 is 29.0 Å². The molecule has 0 bridgehead atoms. The summed E-state index contributed by atoms with van der Waals surface area (Å²) in [5, 5.41) is 5.77. The molecule has 2 aromatic rings. The molecule has 3 rings (SSSR count). The SMILES string of the molecule is Cc1nc(CC(=O)N2CCN(C(=O)Nc3ccccc3)CC2)cs1. The number of carbonyl (C=O) groups excluding carboxylic acids is 2. The highest BCUT2D eigenvalue weighted by Gasteiger charge is 2.24. The van der Waals surface area contributed by atoms with E-state index in [1.807, 2.05) is 42.6 Å². The Balaban J connectivity index is 1.48. The van der Waals surface area contributed by atoms with Crippen LogP contribution in [0.4, 0.5) is 10.5 Å². The smallest absolute Gasteiger partial charge is 0.321 e. The standard InChI is InChI=1S/C17H20N4O2S/c1-13-18-15(12-24-13)11-16(22)20-7-9-21(10-8-20)17(23)19-14-5-3-2-4-6-14/h2-6,12H,7-11H2,1H3,(H,19,23). The number of aromatic nitrogens is 1. The third kappa shape index (κ3) is 4.11. The van der Waals surface area contributed by atoms with E-state index in [4.69, 9.17) is 0 Å². The summed E-state index contributed by atoms with van der Waals surface area (Å²) in [4.78, 5) is 32.4. The van der Waals surface area contributed by atoms with Gasteiger partial charge in [0.25, 0.3) is 0 Å². The van der Waals surface area contributed by atoms with Crippen LogP contribution in [0.3, 0.4) is 0 Å². The molecule has 7 heteroatoms. The first-order valence-corrected chi connectivity index (χ1v) is 8.79. The number of hydrogen-bond acceptors (Lipinski definition) is 4. The van der Waals surface area contributed by atoms with Crippen LogP contribution in [-0.4, -0.2) is 52.9 Å². The summed E-state index contributed by atoms with van der Waals surface area (Å²) in [6.45, 7) is 4.14. The van der Waals surface area contributed by atoms with Gasteiger partial charge in [-0.2, -0.15) is 0 Å². The highest BCUT2D eigenvalue weighted by molar-refractivity contribution is 7.09. The maximum atomic E-state index is 12.3. The van der Waals surface area contributed by atoms with Crippen LogP contribution in [0.5, 0.6) is 0 Å². The number of urea groups is 1. The predicted molar refractivity (Wildman–Crippen MR) is 94.2 cm³/mol. The summed E-state index contributed by atoms with van der Waals surface area (Å²) in [7, 11) is 0. The van der Waals surface area contributed by atoms with Crippen LogP contribution in [0.25, 0.3) is 0 Å². The highest BCUT2D eigenvalue weighted by Crippen LogP contribution is 2.12. The molecule has 0 unspecified atom stereocenters. The zero-order valence-corrected chi connectivity index (χ0v) is 14.4. The second-order valence-corrected chi connectivity index (χ2v) is 6.76. The Hall–Kier alpha value is -2.41. The molecule has 126 valence electrons. The number of carbonyl (C=O) groups is 2. The summed E-state index contributed by atoms with van der Waals surface area (Å²) in [5.74, 6) is 0.0726. The van der Waals surface area contributed by atoms with Gasteiger partial charge in [0, 0.05) is 37.2 Å². The minimum absolute atomic E-state index is 0.0726. The molecule has 0 atom stereocenters. The molecule has 3 amide bonds. The van der Waals surface area contributed by atoms with Crippen molar-refractivity contribution < 1.29 is 9.59 Å². The fourth-order valence-corrected chi connectivity index (χ4v) is 3.25. The summed E-state index contributed by atoms with van der Waals surface area (Å²) >= 11 is 1.56. The highest BCUT2D eigenvalue weighted by atomic mass is 32.1. The number of hydrogen-bond donors (Lipinski definition) is 1. The Labute approximate surface area is 145 Å². The van der Waals surface area contributed by atoms with E-state index in [9.17, 15) is 9.59 Å². The van der Waals surface area contributed by atoms with Gasteiger partial charge in [0.15, 0.2) is 0 Å². The van der Waals surface area contributed by atoms with E-state index in [0.29, 0.717) is 32.6 Å². The molecule has 1 aromatic heterocycles. The lowest BCUT2D eigenvalue weighted by Gasteiger charge is -2.34. The monoisotopic (exact) mass is 344 g/mol. The summed E-state index contributed by atoms with van der Waals surface area (Å²) < 4.78 is 0. The second kappa shape index (κ2) is 7.44. The van der Waals surface area contributed by atoms with E-state index in [2.05, 4.69) is 10.3 Å². The first-order valence-electron chi connectivity index (χ1n) is 7.91. The van der Waals surface area contributed by atoms with Crippen LogP contribution < -0.4 is 5.32 Å². The quantitative estimate of drug-likeness (QED) is 0.930. The molecule has 24 heavy (non-hydrogen) atoms. The number of nitrogens with zero attached hydrogens (tertiary/aromatic N) is 3. The molecular weight excluding hydrogens is 324 g/mol. The van der Waals surface area contributed by atoms with E-state index in [0.717, 1.165) is 16.4 Å². The van der Waals surface area contributed by atoms with Gasteiger partial charge in [-0.05, 0) is 19.1 Å². The van der Waals surface area contributed by atoms with E-state index >= 15 is 0 Å². The number of anilines is 1. The van der Waals surface area contributed by atoms with Gasteiger partial charge < -0.3 is 15.1 Å². The van der Waals surface area contributed by atoms with Gasteiger partial charge in [-0.3, -0.25) is 4.79 Å². The van der Waals surface area contributed by atoms with Crippen LogP contribution in [0.2, 0.25) is 0 Å². The molecule has 6 nitrogen and oxygen atoms in total. The van der Waals surface area contributed by atoms with E-state index in [-0.39, 0.29) is 11.9 Å². The molecule has 1 fully saturated rings. The Kier molecular flexibility index (Phi) is 5.10. The lowest BCUT2D eigenvalue weighted by atomic mass is 10.2. The van der Waals surface area contributed by atoms with Crippen molar-refractivity contribution in [3.05, 3.63) is 46.4 Å². The summed E-state index contributed by atoms with van der Waals surface area (Å²) in [5.41, 5.74) is 1.60. The lowest BCUT2D eigenvalue weighted by Crippen LogP contribution is -2.52. The van der Waals surface area contributed by atoms with Gasteiger partial charge in [-0.25, -0.2) is 9.78 Å². The number of piperazine rings is 1. The minimum Gasteiger partial charge on any atom is -0.339 e. The summed E-state index contributed by atoms with van der Waals surface area (Å²) in [6.07, 6.45) is 0.334. The molecule has 0 saturated carbocycles. The number of benzene rings is 1. The first kappa shape index (κ1) is 16.4. The number of rotatable bonds is 3. The number of aryl methyl sites for hydroxylation is 1. The normalized spacial score (nSPS) is 14.5. The third-order valence-corrected chi connectivity index (χ3v) is 4.77. The Morgan fingerprint density at radius 3 is 2.42 bits per heavy atom. The van der Waals surface area contributed by atoms with Crippen molar-refractivity contribution in [3.63, 3.8) is 0 Å². The molecule has 1 aliphatic heterocycles. The Morgan fingerprint density at radius 1 is 1.12 bits per heavy atom. The van der Waals surface area contributed by atoms with Gasteiger partial charge in [-0.15, -0.1) is 11.3 Å². The van der Waals surface area contributed by atoms with Crippen LogP contribution in [0, 0.1) is 6.92 Å². The average molecular weight is 344 g/mol. The second-order valence-electron chi connectivity index (χ2n) is 5.70. The molecule has 0 radical (unpaired) electrons. The van der Waals surface area contributed by atoms with Crippen molar-refractivity contribution in [2.75, 3.05) is 31.5 Å². The maximum Gasteiger partial charge on any atom is 0.321 e. The summed E-state index contributed by atoms with van der Waals surface area (Å²) in [6, 6.07) is 9.26. The number of para-hydroxylation sites is 1. The molecular formula is C17H20N4O2S. The number of thiazole rings is 1. The maximum absolute atomic E-state index is 12.3. The molecule has 1 aromatic carbocycles. The van der Waals surface area contributed by atoms with Crippen molar-refractivity contribution in [1.29, 1.82) is 0 Å². The average Bonchev–Trinajstić information content (AvgIpc) is 3.00. The predicted octanol–water partition coefficient (Wildman–Crippen LogP) is 2.37. The van der Waals surface area contributed by atoms with Crippen molar-refractivity contribution in [2.45, 2.75) is 13.3 Å². The minimum atomic E-state index is -0.122. The fraction of sp³-hybridized carbons (Fsp3) is 0.353. The zero-order valence-electron chi connectivity index (χ0n) is 13.6. The largest absolute Gasteiger partial charge is 0.339 e. The molecule has 1 aliphatic rings. The fourth-order valence-electron chi connectivity index (χ4n) is 2.64. The Morgan fingerprint density at radius 2 is 1.79 bits per heavy atom. The van der Waals surface area contributed by atoms with Gasteiger partial charge in [0.05, 0.1) is 17.1 Å². The zero-order chi connectivity index (χ0) is 16.9. The number of amides is 3. The van der Waals surface area contributed by atoms with E-state index in [1.54, 1.807) is 21.1 Å². The van der Waals surface area contributed by atoms with E-state index in [1.165, 1.54) is 0 Å². The van der Waals surface area contributed by atoms with Crippen LogP contribution in [-0.2, 0) is 11.2 Å². The molecule has 0 aliphatic carbocycles. The van der Waals surface area contributed by atoms with Crippen LogP contribution >= 0.6 is 11.3 Å². The molecule has 2 heterocycles. The van der Waals surface area contributed by atoms with Crippen molar-refractivity contribution in [2.24, 2.45) is 0 Å². The topological polar surface area (TPSA) is 65.5 Å². The Bertz CT molecular complexity index is 708. The van der Waals surface area contributed by atoms with Gasteiger partial charge in [0.2, 0.25) is 5.91 Å². The molecule has 1 saturated heterocycles. The van der Waals surface area contributed by atoms with Gasteiger partial charge in [0.1, 0.15) is 0 Å². The van der Waals surface area contributed by atoms with Crippen LogP contribution in [0.1, 0.15) is 10.7 Å². The van der Waals surface area contributed by atoms with Crippen molar-refractivity contribution in [1.82, 2.24) is 14.8 Å². The van der Waals surface area contributed by atoms with Crippen LogP contribution in [0.15, 0.2) is 35.7 Å². The van der Waals surface area contributed by atoms with Crippen molar-refractivity contribution in [3.8, 4) is 0 Å². The first-order chi connectivity index (χ1) is 11.6. The lowest BCUT2D eigenvalue weighted by molar-refractivity contribution is -0.131. The van der Waals surface area contributed by atoms with Gasteiger partial charge >= 0.3 is 6.03 Å². The van der Waals surface area contributed by atoms with E-state index < -0.39 is 0 Å². The third-order valence-electron chi connectivity index (χ3n) is 3.94. The molecule has 0 spiro atoms. The van der Waals surface area contributed by atoms with Gasteiger partial charge in [-0.1, -0.05) is 18.2 Å². The molecule has 1 N–H and O–H groups in total. The number of nitrogens with one attached hydrogen (secondary N) is 1.